The van der Waals surface area contributed by atoms with Crippen LogP contribution in [0.25, 0.3) is 27.9 Å². The minimum absolute atomic E-state index is 0.0478. The highest BCUT2D eigenvalue weighted by molar-refractivity contribution is 5.86. The first-order valence-electron chi connectivity index (χ1n) is 7.59. The molecule has 0 amide bonds. The molecule has 0 aliphatic heterocycles. The maximum absolute atomic E-state index is 11.0. The van der Waals surface area contributed by atoms with Crippen LogP contribution in [0.2, 0.25) is 0 Å². The fourth-order valence-electron chi connectivity index (χ4n) is 2.75. The summed E-state index contributed by atoms with van der Waals surface area (Å²) in [4.78, 5) is 15.1. The molecule has 24 heavy (non-hydrogen) atoms. The van der Waals surface area contributed by atoms with Crippen LogP contribution in [0.3, 0.4) is 0 Å². The SMILES string of the molecule is O=C(O)c1cn2ccc(-c3ccc(-c4ccccc4)cc3)cc2n1. The van der Waals surface area contributed by atoms with Gasteiger partial charge in [-0.3, -0.25) is 0 Å². The Balaban J connectivity index is 1.70. The number of aromatic nitrogens is 2. The van der Waals surface area contributed by atoms with Crippen LogP contribution in [-0.4, -0.2) is 20.5 Å². The van der Waals surface area contributed by atoms with Gasteiger partial charge in [-0.1, -0.05) is 54.6 Å². The van der Waals surface area contributed by atoms with E-state index >= 15 is 0 Å². The minimum Gasteiger partial charge on any atom is -0.476 e. The van der Waals surface area contributed by atoms with Gasteiger partial charge in [-0.25, -0.2) is 9.78 Å². The Morgan fingerprint density at radius 1 is 0.833 bits per heavy atom. The molecule has 0 saturated carbocycles. The summed E-state index contributed by atoms with van der Waals surface area (Å²) in [5.74, 6) is -1.02. The van der Waals surface area contributed by atoms with Crippen molar-refractivity contribution >= 4 is 11.6 Å². The summed E-state index contributed by atoms with van der Waals surface area (Å²) in [5.41, 5.74) is 5.08. The summed E-state index contributed by atoms with van der Waals surface area (Å²) >= 11 is 0. The Morgan fingerprint density at radius 2 is 1.46 bits per heavy atom. The summed E-state index contributed by atoms with van der Waals surface area (Å²) in [5, 5.41) is 9.04. The number of carboxylic acids is 1. The van der Waals surface area contributed by atoms with Crippen molar-refractivity contribution in [2.24, 2.45) is 0 Å². The Labute approximate surface area is 138 Å². The van der Waals surface area contributed by atoms with Crippen LogP contribution in [0.4, 0.5) is 0 Å². The highest BCUT2D eigenvalue weighted by atomic mass is 16.4. The molecule has 4 aromatic rings. The lowest BCUT2D eigenvalue weighted by atomic mass is 10.0. The molecule has 0 aliphatic carbocycles. The normalized spacial score (nSPS) is 10.8. The van der Waals surface area contributed by atoms with Crippen molar-refractivity contribution in [3.63, 3.8) is 0 Å². The molecule has 2 heterocycles. The average Bonchev–Trinajstić information content (AvgIpc) is 3.06. The van der Waals surface area contributed by atoms with E-state index in [-0.39, 0.29) is 5.69 Å². The smallest absolute Gasteiger partial charge is 0.356 e. The molecule has 0 bridgehead atoms. The number of rotatable bonds is 3. The second-order valence-corrected chi connectivity index (χ2v) is 5.56. The summed E-state index contributed by atoms with van der Waals surface area (Å²) in [6.45, 7) is 0. The third kappa shape index (κ3) is 2.54. The Morgan fingerprint density at radius 3 is 2.12 bits per heavy atom. The topological polar surface area (TPSA) is 54.6 Å². The van der Waals surface area contributed by atoms with Gasteiger partial charge in [-0.05, 0) is 34.4 Å². The second kappa shape index (κ2) is 5.66. The fourth-order valence-corrected chi connectivity index (χ4v) is 2.75. The molecular formula is C20H14N2O2. The number of imidazole rings is 1. The zero-order valence-corrected chi connectivity index (χ0v) is 12.8. The van der Waals surface area contributed by atoms with Gasteiger partial charge >= 0.3 is 5.97 Å². The van der Waals surface area contributed by atoms with Crippen LogP contribution in [0, 0.1) is 0 Å². The van der Waals surface area contributed by atoms with E-state index in [1.807, 2.05) is 36.5 Å². The van der Waals surface area contributed by atoms with Crippen molar-refractivity contribution in [3.05, 3.63) is 84.8 Å². The van der Waals surface area contributed by atoms with E-state index in [9.17, 15) is 4.79 Å². The first kappa shape index (κ1) is 14.2. The van der Waals surface area contributed by atoms with Crippen LogP contribution in [0.15, 0.2) is 79.1 Å². The predicted octanol–water partition coefficient (Wildman–Crippen LogP) is 4.37. The molecule has 0 spiro atoms. The van der Waals surface area contributed by atoms with Crippen molar-refractivity contribution in [1.82, 2.24) is 9.38 Å². The van der Waals surface area contributed by atoms with Crippen LogP contribution in [0.5, 0.6) is 0 Å². The van der Waals surface area contributed by atoms with Crippen LogP contribution in [-0.2, 0) is 0 Å². The molecule has 4 rings (SSSR count). The van der Waals surface area contributed by atoms with Crippen molar-refractivity contribution < 1.29 is 9.90 Å². The molecule has 2 aromatic heterocycles. The number of hydrogen-bond donors (Lipinski definition) is 1. The van der Waals surface area contributed by atoms with Gasteiger partial charge in [0, 0.05) is 12.4 Å². The van der Waals surface area contributed by atoms with Gasteiger partial charge in [-0.15, -0.1) is 0 Å². The fraction of sp³-hybridized carbons (Fsp3) is 0. The quantitative estimate of drug-likeness (QED) is 0.611. The molecule has 116 valence electrons. The van der Waals surface area contributed by atoms with Crippen LogP contribution < -0.4 is 0 Å². The van der Waals surface area contributed by atoms with E-state index in [0.29, 0.717) is 5.65 Å². The highest BCUT2D eigenvalue weighted by Gasteiger charge is 2.09. The maximum Gasteiger partial charge on any atom is 0.356 e. The number of carbonyl (C=O) groups is 1. The van der Waals surface area contributed by atoms with E-state index in [2.05, 4.69) is 41.4 Å². The Bertz CT molecular complexity index is 1020. The van der Waals surface area contributed by atoms with Gasteiger partial charge < -0.3 is 9.51 Å². The predicted molar refractivity (Wildman–Crippen MR) is 93.0 cm³/mol. The van der Waals surface area contributed by atoms with Crippen molar-refractivity contribution in [1.29, 1.82) is 0 Å². The van der Waals surface area contributed by atoms with Gasteiger partial charge in [0.2, 0.25) is 0 Å². The number of hydrogen-bond acceptors (Lipinski definition) is 2. The van der Waals surface area contributed by atoms with Gasteiger partial charge in [-0.2, -0.15) is 0 Å². The second-order valence-electron chi connectivity index (χ2n) is 5.56. The zero-order valence-electron chi connectivity index (χ0n) is 12.8. The lowest BCUT2D eigenvalue weighted by molar-refractivity contribution is 0.0691. The molecule has 0 fully saturated rings. The monoisotopic (exact) mass is 314 g/mol. The van der Waals surface area contributed by atoms with Gasteiger partial charge in [0.15, 0.2) is 5.69 Å². The third-order valence-electron chi connectivity index (χ3n) is 4.00. The molecule has 0 saturated heterocycles. The Hall–Kier alpha value is -3.40. The standard InChI is InChI=1S/C20H14N2O2/c23-20(24)18-13-22-11-10-17(12-19(22)21-18)16-8-6-15(7-9-16)14-4-2-1-3-5-14/h1-13H,(H,23,24). The van der Waals surface area contributed by atoms with Crippen molar-refractivity contribution in [3.8, 4) is 22.3 Å². The number of aromatic carboxylic acids is 1. The number of carboxylic acid groups (broad SMARTS) is 1. The van der Waals surface area contributed by atoms with Gasteiger partial charge in [0.05, 0.1) is 0 Å². The molecule has 1 N–H and O–H groups in total. The lowest BCUT2D eigenvalue weighted by Crippen LogP contribution is -1.94. The number of pyridine rings is 1. The van der Waals surface area contributed by atoms with E-state index in [1.54, 1.807) is 4.40 Å². The van der Waals surface area contributed by atoms with Gasteiger partial charge in [0.25, 0.3) is 0 Å². The molecule has 2 aromatic carbocycles. The summed E-state index contributed by atoms with van der Waals surface area (Å²) in [7, 11) is 0. The minimum atomic E-state index is -1.02. The summed E-state index contributed by atoms with van der Waals surface area (Å²) in [6.07, 6.45) is 3.34. The molecule has 0 aliphatic rings. The average molecular weight is 314 g/mol. The first-order valence-corrected chi connectivity index (χ1v) is 7.59. The molecule has 0 radical (unpaired) electrons. The van der Waals surface area contributed by atoms with E-state index < -0.39 is 5.97 Å². The van der Waals surface area contributed by atoms with E-state index in [1.165, 1.54) is 11.8 Å². The van der Waals surface area contributed by atoms with E-state index in [4.69, 9.17) is 5.11 Å². The molecule has 0 unspecified atom stereocenters. The molecule has 4 heteroatoms. The highest BCUT2D eigenvalue weighted by Crippen LogP contribution is 2.25. The summed E-state index contributed by atoms with van der Waals surface area (Å²) in [6, 6.07) is 22.4. The number of fused-ring (bicyclic) bond motifs is 1. The Kier molecular flexibility index (Phi) is 3.35. The largest absolute Gasteiger partial charge is 0.476 e. The molecule has 4 nitrogen and oxygen atoms in total. The van der Waals surface area contributed by atoms with Crippen molar-refractivity contribution in [2.45, 2.75) is 0 Å². The summed E-state index contributed by atoms with van der Waals surface area (Å²) < 4.78 is 1.71. The van der Waals surface area contributed by atoms with Gasteiger partial charge in [0.1, 0.15) is 5.65 Å². The molecule has 0 atom stereocenters. The third-order valence-corrected chi connectivity index (χ3v) is 4.00. The number of benzene rings is 2. The molecular weight excluding hydrogens is 300 g/mol. The van der Waals surface area contributed by atoms with Crippen LogP contribution in [0.1, 0.15) is 10.5 Å². The van der Waals surface area contributed by atoms with Crippen molar-refractivity contribution in [2.75, 3.05) is 0 Å². The van der Waals surface area contributed by atoms with E-state index in [0.717, 1.165) is 16.7 Å². The zero-order chi connectivity index (χ0) is 16.5. The first-order chi connectivity index (χ1) is 11.7. The maximum atomic E-state index is 11.0. The lowest BCUT2D eigenvalue weighted by Gasteiger charge is -2.05. The number of nitrogens with zero attached hydrogens (tertiary/aromatic N) is 2. The van der Waals surface area contributed by atoms with Crippen LogP contribution >= 0.6 is 0 Å².